The zero-order valence-electron chi connectivity index (χ0n) is 15.7. The molecule has 3 rings (SSSR count). The van der Waals surface area contributed by atoms with Crippen molar-refractivity contribution in [2.24, 2.45) is 0 Å². The molecule has 0 saturated carbocycles. The van der Waals surface area contributed by atoms with Gasteiger partial charge in [0, 0.05) is 17.9 Å². The predicted octanol–water partition coefficient (Wildman–Crippen LogP) is 3.35. The topological polar surface area (TPSA) is 97.0 Å². The molecule has 2 heterocycles. The molecule has 2 aromatic rings. The highest BCUT2D eigenvalue weighted by atomic mass is 35.5. The van der Waals surface area contributed by atoms with Crippen molar-refractivity contribution >= 4 is 63.8 Å². The van der Waals surface area contributed by atoms with Crippen molar-refractivity contribution < 1.29 is 23.9 Å². The maximum absolute atomic E-state index is 12.1. The van der Waals surface area contributed by atoms with Crippen LogP contribution in [0.1, 0.15) is 9.67 Å². The molecule has 0 bridgehead atoms. The number of hydrogen-bond donors (Lipinski definition) is 2. The molecule has 1 saturated heterocycles. The number of benzene rings is 1. The average Bonchev–Trinajstić information content (AvgIpc) is 3.18. The van der Waals surface area contributed by atoms with E-state index in [4.69, 9.17) is 32.7 Å². The van der Waals surface area contributed by atoms with Crippen molar-refractivity contribution in [1.82, 2.24) is 5.32 Å². The molecule has 1 aliphatic rings. The summed E-state index contributed by atoms with van der Waals surface area (Å²) in [5.74, 6) is -0.422. The van der Waals surface area contributed by atoms with E-state index in [0.717, 1.165) is 17.0 Å². The summed E-state index contributed by atoms with van der Waals surface area (Å²) in [6.07, 6.45) is -1.42. The highest BCUT2D eigenvalue weighted by Crippen LogP contribution is 2.21. The number of morpholine rings is 1. The Morgan fingerprint density at radius 1 is 1.23 bits per heavy atom. The number of nitrogens with one attached hydrogen (secondary N) is 2. The SMILES string of the molecule is O=C(Nc1ccc(N2CCOCC2=O)cc1)OC(CCl)CNC(=O)c1ccc(Cl)s1. The minimum Gasteiger partial charge on any atom is -0.443 e. The average molecular weight is 472 g/mol. The van der Waals surface area contributed by atoms with Gasteiger partial charge in [-0.2, -0.15) is 0 Å². The molecule has 1 fully saturated rings. The molecule has 0 spiro atoms. The second-order valence-corrected chi connectivity index (χ2v) is 8.29. The highest BCUT2D eigenvalue weighted by Gasteiger charge is 2.20. The van der Waals surface area contributed by atoms with Crippen molar-refractivity contribution in [2.75, 3.05) is 42.4 Å². The molecular weight excluding hydrogens is 453 g/mol. The zero-order chi connectivity index (χ0) is 21.5. The van der Waals surface area contributed by atoms with E-state index in [0.29, 0.717) is 28.1 Å². The van der Waals surface area contributed by atoms with Crippen LogP contribution >= 0.6 is 34.5 Å². The highest BCUT2D eigenvalue weighted by molar-refractivity contribution is 7.18. The van der Waals surface area contributed by atoms with E-state index < -0.39 is 12.2 Å². The van der Waals surface area contributed by atoms with Gasteiger partial charge in [0.2, 0.25) is 0 Å². The lowest BCUT2D eigenvalue weighted by Crippen LogP contribution is -2.41. The van der Waals surface area contributed by atoms with Gasteiger partial charge in [-0.15, -0.1) is 22.9 Å². The van der Waals surface area contributed by atoms with Gasteiger partial charge < -0.3 is 19.7 Å². The molecule has 1 aromatic heterocycles. The molecule has 1 unspecified atom stereocenters. The van der Waals surface area contributed by atoms with Crippen LogP contribution in [-0.4, -0.2) is 56.2 Å². The van der Waals surface area contributed by atoms with E-state index in [1.54, 1.807) is 41.3 Å². The molecule has 1 atom stereocenters. The minimum absolute atomic E-state index is 0.0109. The fraction of sp³-hybridized carbons (Fsp3) is 0.316. The third-order valence-corrected chi connectivity index (χ3v) is 5.72. The largest absolute Gasteiger partial charge is 0.443 e. The summed E-state index contributed by atoms with van der Waals surface area (Å²) in [5, 5.41) is 5.25. The molecular formula is C19H19Cl2N3O5S. The van der Waals surface area contributed by atoms with Gasteiger partial charge in [-0.3, -0.25) is 14.9 Å². The quantitative estimate of drug-likeness (QED) is 0.603. The van der Waals surface area contributed by atoms with E-state index in [2.05, 4.69) is 10.6 Å². The van der Waals surface area contributed by atoms with Crippen LogP contribution in [0.4, 0.5) is 16.2 Å². The smallest absolute Gasteiger partial charge is 0.411 e. The minimum atomic E-state index is -0.712. The molecule has 160 valence electrons. The number of alkyl halides is 1. The van der Waals surface area contributed by atoms with Crippen LogP contribution < -0.4 is 15.5 Å². The molecule has 30 heavy (non-hydrogen) atoms. The standard InChI is InChI=1S/C19H19Cl2N3O5S/c20-9-14(10-22-18(26)15-5-6-16(21)30-15)29-19(27)23-12-1-3-13(4-2-12)24-7-8-28-11-17(24)25/h1-6,14H,7-11H2,(H,22,26)(H,23,27). The molecule has 8 nitrogen and oxygen atoms in total. The number of amides is 3. The van der Waals surface area contributed by atoms with Gasteiger partial charge in [0.15, 0.2) is 0 Å². The number of thiophene rings is 1. The van der Waals surface area contributed by atoms with Gasteiger partial charge in [-0.25, -0.2) is 4.79 Å². The van der Waals surface area contributed by atoms with Crippen LogP contribution in [0.3, 0.4) is 0 Å². The fourth-order valence-corrected chi connectivity index (χ4v) is 3.80. The Labute approximate surface area is 187 Å². The van der Waals surface area contributed by atoms with Gasteiger partial charge in [-0.1, -0.05) is 11.6 Å². The molecule has 11 heteroatoms. The van der Waals surface area contributed by atoms with Crippen LogP contribution in [0, 0.1) is 0 Å². The third kappa shape index (κ3) is 6.09. The number of rotatable bonds is 7. The van der Waals surface area contributed by atoms with Crippen molar-refractivity contribution in [3.05, 3.63) is 45.6 Å². The summed E-state index contributed by atoms with van der Waals surface area (Å²) in [6, 6.07) is 10.0. The summed E-state index contributed by atoms with van der Waals surface area (Å²) in [6.45, 7) is 1.08. The van der Waals surface area contributed by atoms with Crippen molar-refractivity contribution in [3.8, 4) is 0 Å². The lowest BCUT2D eigenvalue weighted by atomic mass is 10.2. The number of carbonyl (C=O) groups excluding carboxylic acids is 3. The summed E-state index contributed by atoms with van der Waals surface area (Å²) < 4.78 is 10.9. The van der Waals surface area contributed by atoms with Crippen LogP contribution in [0.15, 0.2) is 36.4 Å². The Bertz CT molecular complexity index is 906. The van der Waals surface area contributed by atoms with Crippen LogP contribution in [-0.2, 0) is 14.3 Å². The predicted molar refractivity (Wildman–Crippen MR) is 116 cm³/mol. The van der Waals surface area contributed by atoms with Crippen molar-refractivity contribution in [3.63, 3.8) is 0 Å². The molecule has 0 aliphatic carbocycles. The first-order valence-corrected chi connectivity index (χ1v) is 10.7. The number of nitrogens with zero attached hydrogens (tertiary/aromatic N) is 1. The normalized spacial score (nSPS) is 14.9. The summed E-state index contributed by atoms with van der Waals surface area (Å²) in [7, 11) is 0. The molecule has 1 aliphatic heterocycles. The van der Waals surface area contributed by atoms with Gasteiger partial charge in [0.25, 0.3) is 11.8 Å². The summed E-state index contributed by atoms with van der Waals surface area (Å²) >= 11 is 12.8. The Morgan fingerprint density at radius 3 is 2.63 bits per heavy atom. The Hall–Kier alpha value is -2.33. The fourth-order valence-electron chi connectivity index (χ4n) is 2.67. The van der Waals surface area contributed by atoms with E-state index in [1.807, 2.05) is 0 Å². The summed E-state index contributed by atoms with van der Waals surface area (Å²) in [4.78, 5) is 38.1. The molecule has 1 aromatic carbocycles. The third-order valence-electron chi connectivity index (χ3n) is 4.14. The van der Waals surface area contributed by atoms with Crippen LogP contribution in [0.2, 0.25) is 4.34 Å². The first-order chi connectivity index (χ1) is 14.5. The Balaban J connectivity index is 1.48. The second-order valence-electron chi connectivity index (χ2n) is 6.27. The lowest BCUT2D eigenvalue weighted by molar-refractivity contribution is -0.125. The molecule has 2 N–H and O–H groups in total. The number of halogens is 2. The number of anilines is 2. The molecule has 3 amide bonds. The molecule has 0 radical (unpaired) electrons. The van der Waals surface area contributed by atoms with Crippen molar-refractivity contribution in [2.45, 2.75) is 6.10 Å². The first kappa shape index (κ1) is 22.4. The van der Waals surface area contributed by atoms with Gasteiger partial charge in [0.05, 0.1) is 28.2 Å². The zero-order valence-corrected chi connectivity index (χ0v) is 18.1. The van der Waals surface area contributed by atoms with E-state index in [9.17, 15) is 14.4 Å². The number of carbonyl (C=O) groups is 3. The maximum atomic E-state index is 12.1. The Morgan fingerprint density at radius 2 is 2.00 bits per heavy atom. The van der Waals surface area contributed by atoms with Gasteiger partial charge >= 0.3 is 6.09 Å². The van der Waals surface area contributed by atoms with Crippen LogP contribution in [0.25, 0.3) is 0 Å². The number of ether oxygens (including phenoxy) is 2. The van der Waals surface area contributed by atoms with Gasteiger partial charge in [-0.05, 0) is 36.4 Å². The maximum Gasteiger partial charge on any atom is 0.411 e. The van der Waals surface area contributed by atoms with Gasteiger partial charge in [0.1, 0.15) is 12.7 Å². The second kappa shape index (κ2) is 10.6. The van der Waals surface area contributed by atoms with Crippen molar-refractivity contribution in [1.29, 1.82) is 0 Å². The first-order valence-electron chi connectivity index (χ1n) is 9.01. The monoisotopic (exact) mass is 471 g/mol. The Kier molecular flexibility index (Phi) is 7.92. The lowest BCUT2D eigenvalue weighted by Gasteiger charge is -2.26. The van der Waals surface area contributed by atoms with Crippen LogP contribution in [0.5, 0.6) is 0 Å². The van der Waals surface area contributed by atoms with E-state index >= 15 is 0 Å². The van der Waals surface area contributed by atoms with E-state index in [1.165, 1.54) is 0 Å². The summed E-state index contributed by atoms with van der Waals surface area (Å²) in [5.41, 5.74) is 1.22. The van der Waals surface area contributed by atoms with E-state index in [-0.39, 0.29) is 30.8 Å². The number of hydrogen-bond acceptors (Lipinski definition) is 6.